The first-order valence-electron chi connectivity index (χ1n) is 35.9. The van der Waals surface area contributed by atoms with E-state index in [0.29, 0.717) is 72.8 Å². The van der Waals surface area contributed by atoms with Gasteiger partial charge in [-0.2, -0.15) is 0 Å². The van der Waals surface area contributed by atoms with Crippen LogP contribution in [0.5, 0.6) is 11.5 Å². The molecule has 0 N–H and O–H groups in total. The Bertz CT molecular complexity index is 5530. The van der Waals surface area contributed by atoms with Crippen LogP contribution < -0.4 is 26.0 Å². The second kappa shape index (κ2) is 18.1. The second-order valence-corrected chi connectivity index (χ2v) is 21.8. The van der Waals surface area contributed by atoms with E-state index < -0.39 is 126 Å². The molecule has 3 aliphatic heterocycles. The molecule has 0 radical (unpaired) electrons. The minimum Gasteiger partial charge on any atom is -0.457 e. The molecule has 0 aliphatic carbocycles. The molecule has 0 saturated carbocycles. The Morgan fingerprint density at radius 2 is 0.938 bits per heavy atom. The van der Waals surface area contributed by atoms with Crippen molar-refractivity contribution >= 4 is 62.0 Å². The molecule has 4 heterocycles. The normalized spacial score (nSPS) is 16.6. The summed E-state index contributed by atoms with van der Waals surface area (Å²) in [6, 6.07) is 44.3. The highest BCUT2D eigenvalue weighted by molar-refractivity contribution is 6.99. The number of para-hydroxylation sites is 4. The first-order chi connectivity index (χ1) is 47.3. The lowest BCUT2D eigenvalue weighted by atomic mass is 9.29. The molecular formula is C77H55BN2O. The van der Waals surface area contributed by atoms with E-state index in [9.17, 15) is 13.7 Å². The minimum absolute atomic E-state index is 0.0550. The van der Waals surface area contributed by atoms with Crippen molar-refractivity contribution in [1.82, 2.24) is 4.57 Å². The number of fused-ring (bicyclic) bond motifs is 13. The van der Waals surface area contributed by atoms with E-state index in [4.69, 9.17) is 15.7 Å². The zero-order valence-electron chi connectivity index (χ0n) is 62.0. The standard InChI is InChI=1S/C77H55BN2O/c1-76(2,3)56-46-60(52-28-12-6-13-29-52)75(61(47-56)53-30-14-7-15-31-53)80-70-45-55(51-26-10-5-11-27-51)41-43-66(70)78-67-44-54(50-24-8-4-9-25-50)40-42-62(67)77(63-34-18-22-38-72(63)81-73-39-23-19-35-64(73)77)65-48-57(49-71(80)74(65)78)79-68-36-20-16-32-58(68)59-33-17-21-37-69(59)79/h4-49H,1-3H3/i4D,5D,8D,9D,10D,11D,16D,17D,20D,21D,24D,25D,26D,27D,32D,33D,36D,37D. The van der Waals surface area contributed by atoms with Crippen LogP contribution in [0.1, 0.15) is 73.3 Å². The smallest absolute Gasteiger partial charge is 0.247 e. The molecule has 13 aromatic rings. The Morgan fingerprint density at radius 3 is 1.52 bits per heavy atom. The lowest BCUT2D eigenvalue weighted by Crippen LogP contribution is -2.65. The summed E-state index contributed by atoms with van der Waals surface area (Å²) in [7, 11) is 0. The summed E-state index contributed by atoms with van der Waals surface area (Å²) in [4.78, 5) is 2.11. The van der Waals surface area contributed by atoms with Crippen LogP contribution in [0.3, 0.4) is 0 Å². The van der Waals surface area contributed by atoms with Crippen LogP contribution in [0.2, 0.25) is 0 Å². The van der Waals surface area contributed by atoms with Gasteiger partial charge in [-0.25, -0.2) is 0 Å². The Balaban J connectivity index is 1.20. The van der Waals surface area contributed by atoms with Gasteiger partial charge in [-0.15, -0.1) is 0 Å². The maximum atomic E-state index is 9.95. The van der Waals surface area contributed by atoms with Crippen molar-refractivity contribution in [3.05, 3.63) is 306 Å². The van der Waals surface area contributed by atoms with Crippen LogP contribution in [0.15, 0.2) is 279 Å². The molecule has 1 aromatic heterocycles. The van der Waals surface area contributed by atoms with Gasteiger partial charge in [-0.05, 0) is 121 Å². The average molecular weight is 1050 g/mol. The van der Waals surface area contributed by atoms with Gasteiger partial charge in [0.2, 0.25) is 6.71 Å². The van der Waals surface area contributed by atoms with Crippen molar-refractivity contribution in [2.24, 2.45) is 0 Å². The molecule has 3 nitrogen and oxygen atoms in total. The summed E-state index contributed by atoms with van der Waals surface area (Å²) in [6.07, 6.45) is 0. The highest BCUT2D eigenvalue weighted by Gasteiger charge is 2.55. The molecule has 0 saturated heterocycles. The van der Waals surface area contributed by atoms with E-state index in [0.717, 1.165) is 27.8 Å². The second-order valence-electron chi connectivity index (χ2n) is 21.8. The quantitative estimate of drug-likeness (QED) is 0.154. The molecule has 0 amide bonds. The molecule has 3 aliphatic rings. The Morgan fingerprint density at radius 1 is 0.420 bits per heavy atom. The summed E-state index contributed by atoms with van der Waals surface area (Å²) in [5.74, 6) is 0.919. The van der Waals surface area contributed by atoms with Gasteiger partial charge in [-0.3, -0.25) is 0 Å². The van der Waals surface area contributed by atoms with Crippen LogP contribution in [0.4, 0.5) is 17.1 Å². The topological polar surface area (TPSA) is 17.4 Å². The monoisotopic (exact) mass is 1050 g/mol. The van der Waals surface area contributed by atoms with Crippen molar-refractivity contribution in [3.8, 4) is 61.7 Å². The molecule has 12 aromatic carbocycles. The fourth-order valence-corrected chi connectivity index (χ4v) is 13.0. The van der Waals surface area contributed by atoms with Gasteiger partial charge >= 0.3 is 0 Å². The minimum atomic E-state index is -1.51. The first kappa shape index (κ1) is 32.2. The van der Waals surface area contributed by atoms with Crippen LogP contribution in [-0.4, -0.2) is 11.3 Å². The molecule has 0 fully saturated rings. The maximum Gasteiger partial charge on any atom is 0.247 e. The largest absolute Gasteiger partial charge is 0.457 e. The van der Waals surface area contributed by atoms with Crippen LogP contribution in [0, 0.1) is 0 Å². The number of benzene rings is 12. The van der Waals surface area contributed by atoms with Gasteiger partial charge in [0.15, 0.2) is 0 Å². The Labute approximate surface area is 499 Å². The Kier molecular flexibility index (Phi) is 7.19. The van der Waals surface area contributed by atoms with Gasteiger partial charge in [-0.1, -0.05) is 250 Å². The SMILES string of the molecule is [2H]c1c([2H])c([2H])c(-c2ccc3c(c2)B2c4ccc(-c5c([2H])c([2H])c([2H])c([2H])c5[2H])cc4N(c4c(-c5ccccc5)cc(C(C)(C)C)cc4-c4ccccc4)c4cc(-n5c6c([2H])c([2H])c([2H])c([2H])c6c6c([2H])c([2H])c([2H])c([2H])c65)cc(c42)C32c3ccccc3Oc3ccccc32)c([2H])c1[2H]. The van der Waals surface area contributed by atoms with Crippen molar-refractivity contribution < 1.29 is 29.4 Å². The van der Waals surface area contributed by atoms with Crippen LogP contribution >= 0.6 is 0 Å². The molecule has 0 bridgehead atoms. The third kappa shape index (κ3) is 7.09. The lowest BCUT2D eigenvalue weighted by Gasteiger charge is -2.50. The highest BCUT2D eigenvalue weighted by Crippen LogP contribution is 2.59. The zero-order chi connectivity index (χ0) is 69.6. The fraction of sp³-hybridized carbons (Fsp3) is 0.0649. The molecular weight excluding hydrogens is 980 g/mol. The molecule has 1 spiro atoms. The predicted octanol–water partition coefficient (Wildman–Crippen LogP) is 17.9. The van der Waals surface area contributed by atoms with Crippen LogP contribution in [-0.2, 0) is 10.8 Å². The highest BCUT2D eigenvalue weighted by atomic mass is 16.5. The number of rotatable bonds is 6. The Hall–Kier alpha value is -9.90. The van der Waals surface area contributed by atoms with E-state index in [1.165, 1.54) is 4.57 Å². The van der Waals surface area contributed by atoms with E-state index in [2.05, 4.69) is 37.8 Å². The molecule has 4 heteroatoms. The van der Waals surface area contributed by atoms with E-state index in [-0.39, 0.29) is 44.2 Å². The maximum absolute atomic E-state index is 9.95. The molecule has 382 valence electrons. The molecule has 81 heavy (non-hydrogen) atoms. The van der Waals surface area contributed by atoms with Gasteiger partial charge in [0, 0.05) is 50.1 Å². The van der Waals surface area contributed by atoms with Gasteiger partial charge in [0.1, 0.15) is 11.5 Å². The molecule has 0 atom stereocenters. The summed E-state index contributed by atoms with van der Waals surface area (Å²) in [5.41, 5.74) is 8.18. The first-order valence-corrected chi connectivity index (χ1v) is 26.9. The summed E-state index contributed by atoms with van der Waals surface area (Å²) in [6.45, 7) is 5.46. The summed E-state index contributed by atoms with van der Waals surface area (Å²) < 4.78 is 176. The van der Waals surface area contributed by atoms with Crippen LogP contribution in [0.25, 0.3) is 72.0 Å². The number of aromatic nitrogens is 1. The van der Waals surface area contributed by atoms with Gasteiger partial charge in [0.25, 0.3) is 0 Å². The number of hydrogen-bond acceptors (Lipinski definition) is 2. The van der Waals surface area contributed by atoms with E-state index >= 15 is 0 Å². The summed E-state index contributed by atoms with van der Waals surface area (Å²) >= 11 is 0. The van der Waals surface area contributed by atoms with Crippen molar-refractivity contribution in [1.29, 1.82) is 0 Å². The third-order valence-corrected chi connectivity index (χ3v) is 16.5. The molecule has 0 unspecified atom stereocenters. The van der Waals surface area contributed by atoms with E-state index in [1.807, 2.05) is 146 Å². The zero-order valence-corrected chi connectivity index (χ0v) is 44.0. The van der Waals surface area contributed by atoms with Gasteiger partial charge in [0.05, 0.1) is 46.8 Å². The predicted molar refractivity (Wildman–Crippen MR) is 339 cm³/mol. The summed E-state index contributed by atoms with van der Waals surface area (Å²) in [5, 5.41) is -0.287. The average Bonchev–Trinajstić information content (AvgIpc) is 1.43. The molecule has 16 rings (SSSR count). The van der Waals surface area contributed by atoms with Crippen molar-refractivity contribution in [2.45, 2.75) is 31.6 Å². The van der Waals surface area contributed by atoms with Crippen molar-refractivity contribution in [2.75, 3.05) is 4.90 Å². The third-order valence-electron chi connectivity index (χ3n) is 16.5. The lowest BCUT2D eigenvalue weighted by molar-refractivity contribution is 0.435. The van der Waals surface area contributed by atoms with Gasteiger partial charge < -0.3 is 14.2 Å². The number of hydrogen-bond donors (Lipinski definition) is 0. The van der Waals surface area contributed by atoms with Crippen molar-refractivity contribution in [3.63, 3.8) is 0 Å². The number of nitrogens with zero attached hydrogens (tertiary/aromatic N) is 2. The number of anilines is 3. The number of ether oxygens (including phenoxy) is 1. The van der Waals surface area contributed by atoms with E-state index in [1.54, 1.807) is 12.1 Å². The fourth-order valence-electron chi connectivity index (χ4n) is 13.0.